The number of hydrogen-bond donors (Lipinski definition) is 1. The quantitative estimate of drug-likeness (QED) is 0.930. The van der Waals surface area contributed by atoms with Gasteiger partial charge in [0.15, 0.2) is 0 Å². The average molecular weight is 281 g/mol. The fraction of sp³-hybridized carbons (Fsp3) is 0.538. The molecule has 98 valence electrons. The van der Waals surface area contributed by atoms with Crippen LogP contribution >= 0.6 is 22.7 Å². The predicted octanol–water partition coefficient (Wildman–Crippen LogP) is 3.60. The number of rotatable bonds is 4. The van der Waals surface area contributed by atoms with E-state index in [2.05, 4.69) is 43.4 Å². The van der Waals surface area contributed by atoms with Gasteiger partial charge in [0.25, 0.3) is 0 Å². The van der Waals surface area contributed by atoms with Gasteiger partial charge in [-0.05, 0) is 6.54 Å². The molecule has 0 saturated carbocycles. The third-order valence-electron chi connectivity index (χ3n) is 2.57. The van der Waals surface area contributed by atoms with E-state index >= 15 is 0 Å². The molecule has 18 heavy (non-hydrogen) atoms. The van der Waals surface area contributed by atoms with E-state index in [0.29, 0.717) is 0 Å². The van der Waals surface area contributed by atoms with Crippen LogP contribution in [0.2, 0.25) is 0 Å². The van der Waals surface area contributed by atoms with Gasteiger partial charge in [-0.15, -0.1) is 22.7 Å². The SMILES string of the molecule is CCNC(c1csc(C(C)(C)C)n1)c1nccs1. The van der Waals surface area contributed by atoms with Crippen LogP contribution in [0.5, 0.6) is 0 Å². The lowest BCUT2D eigenvalue weighted by atomic mass is 9.98. The zero-order valence-electron chi connectivity index (χ0n) is 11.2. The van der Waals surface area contributed by atoms with Gasteiger partial charge in [-0.3, -0.25) is 0 Å². The zero-order chi connectivity index (χ0) is 13.2. The molecule has 2 heterocycles. The lowest BCUT2D eigenvalue weighted by Gasteiger charge is -2.15. The molecule has 3 nitrogen and oxygen atoms in total. The third kappa shape index (κ3) is 2.96. The Morgan fingerprint density at radius 1 is 1.33 bits per heavy atom. The van der Waals surface area contributed by atoms with Gasteiger partial charge in [-0.2, -0.15) is 0 Å². The number of hydrogen-bond acceptors (Lipinski definition) is 5. The molecule has 0 bridgehead atoms. The van der Waals surface area contributed by atoms with Crippen molar-refractivity contribution in [2.75, 3.05) is 6.54 Å². The Morgan fingerprint density at radius 3 is 2.61 bits per heavy atom. The van der Waals surface area contributed by atoms with Crippen molar-refractivity contribution in [1.82, 2.24) is 15.3 Å². The maximum atomic E-state index is 4.78. The van der Waals surface area contributed by atoms with E-state index in [0.717, 1.165) is 17.2 Å². The van der Waals surface area contributed by atoms with E-state index in [4.69, 9.17) is 4.98 Å². The topological polar surface area (TPSA) is 37.8 Å². The minimum atomic E-state index is 0.114. The van der Waals surface area contributed by atoms with Crippen molar-refractivity contribution in [3.05, 3.63) is 32.7 Å². The molecular weight excluding hydrogens is 262 g/mol. The van der Waals surface area contributed by atoms with Crippen molar-refractivity contribution < 1.29 is 0 Å². The highest BCUT2D eigenvalue weighted by atomic mass is 32.1. The van der Waals surface area contributed by atoms with Crippen LogP contribution in [-0.4, -0.2) is 16.5 Å². The van der Waals surface area contributed by atoms with Crippen molar-refractivity contribution in [2.45, 2.75) is 39.2 Å². The van der Waals surface area contributed by atoms with Crippen LogP contribution in [0.25, 0.3) is 0 Å². The molecule has 2 rings (SSSR count). The van der Waals surface area contributed by atoms with Gasteiger partial charge in [0.05, 0.1) is 10.7 Å². The van der Waals surface area contributed by atoms with E-state index in [1.54, 1.807) is 22.7 Å². The van der Waals surface area contributed by atoms with Gasteiger partial charge in [-0.1, -0.05) is 27.7 Å². The highest BCUT2D eigenvalue weighted by molar-refractivity contribution is 7.10. The highest BCUT2D eigenvalue weighted by Crippen LogP contribution is 2.30. The maximum absolute atomic E-state index is 4.78. The second kappa shape index (κ2) is 5.47. The molecule has 0 aliphatic rings. The molecule has 0 aromatic carbocycles. The Morgan fingerprint density at radius 2 is 2.11 bits per heavy atom. The monoisotopic (exact) mass is 281 g/mol. The first-order valence-electron chi connectivity index (χ1n) is 6.11. The van der Waals surface area contributed by atoms with Gasteiger partial charge >= 0.3 is 0 Å². The zero-order valence-corrected chi connectivity index (χ0v) is 12.9. The maximum Gasteiger partial charge on any atom is 0.116 e. The van der Waals surface area contributed by atoms with Crippen LogP contribution in [-0.2, 0) is 5.41 Å². The van der Waals surface area contributed by atoms with E-state index in [1.165, 1.54) is 5.01 Å². The van der Waals surface area contributed by atoms with Crippen molar-refractivity contribution in [2.24, 2.45) is 0 Å². The molecule has 0 saturated heterocycles. The van der Waals surface area contributed by atoms with Gasteiger partial charge in [0, 0.05) is 22.4 Å². The Balaban J connectivity index is 2.29. The normalized spacial score (nSPS) is 13.8. The number of nitrogens with one attached hydrogen (secondary N) is 1. The summed E-state index contributed by atoms with van der Waals surface area (Å²) in [7, 11) is 0. The van der Waals surface area contributed by atoms with E-state index in [1.807, 2.05) is 11.6 Å². The Kier molecular flexibility index (Phi) is 4.14. The summed E-state index contributed by atoms with van der Waals surface area (Å²) < 4.78 is 0. The summed E-state index contributed by atoms with van der Waals surface area (Å²) in [5, 5.41) is 9.88. The lowest BCUT2D eigenvalue weighted by molar-refractivity contribution is 0.569. The Bertz CT molecular complexity index is 483. The summed E-state index contributed by atoms with van der Waals surface area (Å²) >= 11 is 3.41. The van der Waals surface area contributed by atoms with Crippen LogP contribution in [0, 0.1) is 0 Å². The highest BCUT2D eigenvalue weighted by Gasteiger charge is 2.23. The Labute approximate surface area is 116 Å². The smallest absolute Gasteiger partial charge is 0.116 e. The summed E-state index contributed by atoms with van der Waals surface area (Å²) in [5.41, 5.74) is 1.20. The molecule has 1 atom stereocenters. The molecule has 0 radical (unpaired) electrons. The molecule has 0 aliphatic heterocycles. The first-order valence-corrected chi connectivity index (χ1v) is 7.87. The van der Waals surface area contributed by atoms with Crippen molar-refractivity contribution in [3.8, 4) is 0 Å². The summed E-state index contributed by atoms with van der Waals surface area (Å²) in [6, 6.07) is 0.127. The number of aromatic nitrogens is 2. The fourth-order valence-electron chi connectivity index (χ4n) is 1.66. The summed E-state index contributed by atoms with van der Waals surface area (Å²) in [4.78, 5) is 9.18. The lowest BCUT2D eigenvalue weighted by Crippen LogP contribution is -2.22. The van der Waals surface area contributed by atoms with Crippen LogP contribution in [0.3, 0.4) is 0 Å². The second-order valence-electron chi connectivity index (χ2n) is 5.19. The molecule has 1 unspecified atom stereocenters. The molecule has 1 N–H and O–H groups in total. The first kappa shape index (κ1) is 13.6. The molecule has 0 fully saturated rings. The average Bonchev–Trinajstić information content (AvgIpc) is 2.96. The van der Waals surface area contributed by atoms with E-state index < -0.39 is 0 Å². The Hall–Kier alpha value is -0.780. The first-order chi connectivity index (χ1) is 8.52. The van der Waals surface area contributed by atoms with Gasteiger partial charge in [0.1, 0.15) is 11.0 Å². The molecule has 0 aliphatic carbocycles. The summed E-state index contributed by atoms with van der Waals surface area (Å²) in [6.45, 7) is 9.61. The molecule has 2 aromatic heterocycles. The van der Waals surface area contributed by atoms with E-state index in [-0.39, 0.29) is 11.5 Å². The van der Waals surface area contributed by atoms with Crippen LogP contribution in [0.1, 0.15) is 49.4 Å². The van der Waals surface area contributed by atoms with Crippen LogP contribution < -0.4 is 5.32 Å². The molecule has 5 heteroatoms. The molecule has 2 aromatic rings. The summed E-state index contributed by atoms with van der Waals surface area (Å²) in [5.74, 6) is 0. The van der Waals surface area contributed by atoms with E-state index in [9.17, 15) is 0 Å². The third-order valence-corrected chi connectivity index (χ3v) is 4.69. The van der Waals surface area contributed by atoms with Gasteiger partial charge < -0.3 is 5.32 Å². The van der Waals surface area contributed by atoms with Crippen molar-refractivity contribution >= 4 is 22.7 Å². The van der Waals surface area contributed by atoms with Gasteiger partial charge in [0.2, 0.25) is 0 Å². The van der Waals surface area contributed by atoms with Crippen molar-refractivity contribution in [3.63, 3.8) is 0 Å². The standard InChI is InChI=1S/C13H19N3S2/c1-5-14-10(11-15-6-7-17-11)9-8-18-12(16-9)13(2,3)4/h6-8,10,14H,5H2,1-4H3. The minimum Gasteiger partial charge on any atom is -0.303 e. The fourth-order valence-corrected chi connectivity index (χ4v) is 3.32. The van der Waals surface area contributed by atoms with Crippen molar-refractivity contribution in [1.29, 1.82) is 0 Å². The number of thiazole rings is 2. The number of nitrogens with zero attached hydrogens (tertiary/aromatic N) is 2. The second-order valence-corrected chi connectivity index (χ2v) is 6.97. The summed E-state index contributed by atoms with van der Waals surface area (Å²) in [6.07, 6.45) is 1.85. The predicted molar refractivity (Wildman–Crippen MR) is 78.4 cm³/mol. The molecular formula is C13H19N3S2. The van der Waals surface area contributed by atoms with Crippen LogP contribution in [0.4, 0.5) is 0 Å². The van der Waals surface area contributed by atoms with Crippen LogP contribution in [0.15, 0.2) is 17.0 Å². The molecule has 0 spiro atoms. The largest absolute Gasteiger partial charge is 0.303 e. The molecule has 0 amide bonds. The minimum absolute atomic E-state index is 0.114. The van der Waals surface area contributed by atoms with Gasteiger partial charge in [-0.25, -0.2) is 9.97 Å².